The van der Waals surface area contributed by atoms with E-state index >= 15 is 0 Å². The van der Waals surface area contributed by atoms with Gasteiger partial charge in [-0.25, -0.2) is 0 Å². The third kappa shape index (κ3) is 3.31. The molecule has 0 heterocycles. The monoisotopic (exact) mass is 285 g/mol. The van der Waals surface area contributed by atoms with E-state index in [0.29, 0.717) is 0 Å². The molecule has 0 fully saturated rings. The van der Waals surface area contributed by atoms with Crippen molar-refractivity contribution in [1.29, 1.82) is 0 Å². The number of amidine groups is 1. The lowest BCUT2D eigenvalue weighted by atomic mass is 10.00. The summed E-state index contributed by atoms with van der Waals surface area (Å²) in [6, 6.07) is 13.8. The second-order valence-electron chi connectivity index (χ2n) is 5.47. The highest BCUT2D eigenvalue weighted by molar-refractivity contribution is 5.95. The molecular formula is C16H19N3O2. The molecule has 2 aromatic carbocycles. The Bertz CT molecular complexity index is 687. The first-order valence-corrected chi connectivity index (χ1v) is 6.69. The number of amides is 1. The van der Waals surface area contributed by atoms with Crippen molar-refractivity contribution in [2.75, 3.05) is 0 Å². The van der Waals surface area contributed by atoms with E-state index in [9.17, 15) is 4.79 Å². The predicted octanol–water partition coefficient (Wildman–Crippen LogP) is 2.02. The van der Waals surface area contributed by atoms with Gasteiger partial charge < -0.3 is 16.3 Å². The number of carbonyl (C=O) groups excluding carboxylic acids is 1. The van der Waals surface area contributed by atoms with Crippen molar-refractivity contribution >= 4 is 22.5 Å². The number of carbonyl (C=O) groups is 1. The fraction of sp³-hybridized carbons (Fsp3) is 0.250. The lowest BCUT2D eigenvalue weighted by Crippen LogP contribution is -2.53. The summed E-state index contributed by atoms with van der Waals surface area (Å²) in [6.45, 7) is 3.37. The SMILES string of the molecule is CC(C)(NC(=O)Cc1cccc2ccccc12)/C(N)=N/O. The van der Waals surface area contributed by atoms with Gasteiger partial charge in [-0.15, -0.1) is 0 Å². The van der Waals surface area contributed by atoms with Crippen LogP contribution in [0.5, 0.6) is 0 Å². The summed E-state index contributed by atoms with van der Waals surface area (Å²) in [7, 11) is 0. The number of nitrogens with one attached hydrogen (secondary N) is 1. The fourth-order valence-electron chi connectivity index (χ4n) is 2.20. The van der Waals surface area contributed by atoms with Crippen molar-refractivity contribution in [2.24, 2.45) is 10.9 Å². The van der Waals surface area contributed by atoms with Crippen LogP contribution in [0.2, 0.25) is 0 Å². The second kappa shape index (κ2) is 5.83. The molecule has 0 aliphatic heterocycles. The van der Waals surface area contributed by atoms with Crippen LogP contribution in [0.25, 0.3) is 10.8 Å². The van der Waals surface area contributed by atoms with Crippen molar-refractivity contribution in [1.82, 2.24) is 5.32 Å². The molecule has 0 unspecified atom stereocenters. The number of hydrogen-bond acceptors (Lipinski definition) is 3. The Morgan fingerprint density at radius 1 is 1.24 bits per heavy atom. The third-order valence-electron chi connectivity index (χ3n) is 3.43. The molecule has 0 aliphatic carbocycles. The normalized spacial score (nSPS) is 12.4. The molecule has 2 rings (SSSR count). The molecule has 0 saturated heterocycles. The molecule has 0 aliphatic rings. The van der Waals surface area contributed by atoms with Gasteiger partial charge in [0.2, 0.25) is 5.91 Å². The van der Waals surface area contributed by atoms with Crippen LogP contribution in [-0.2, 0) is 11.2 Å². The second-order valence-corrected chi connectivity index (χ2v) is 5.47. The summed E-state index contributed by atoms with van der Waals surface area (Å²) in [5.41, 5.74) is 5.62. The minimum Gasteiger partial charge on any atom is -0.409 e. The molecule has 0 atom stereocenters. The summed E-state index contributed by atoms with van der Waals surface area (Å²) in [5, 5.41) is 16.6. The Hall–Kier alpha value is -2.56. The van der Waals surface area contributed by atoms with Gasteiger partial charge in [-0.1, -0.05) is 47.6 Å². The first kappa shape index (κ1) is 14.8. The van der Waals surface area contributed by atoms with Crippen LogP contribution < -0.4 is 11.1 Å². The van der Waals surface area contributed by atoms with Crippen molar-refractivity contribution in [2.45, 2.75) is 25.8 Å². The number of hydrogen-bond donors (Lipinski definition) is 3. The average molecular weight is 285 g/mol. The molecule has 5 heteroatoms. The molecule has 0 aromatic heterocycles. The van der Waals surface area contributed by atoms with E-state index in [1.165, 1.54) is 0 Å². The quantitative estimate of drug-likeness (QED) is 0.347. The van der Waals surface area contributed by atoms with Crippen LogP contribution in [0.4, 0.5) is 0 Å². The molecule has 0 radical (unpaired) electrons. The van der Waals surface area contributed by atoms with Gasteiger partial charge >= 0.3 is 0 Å². The van der Waals surface area contributed by atoms with E-state index in [4.69, 9.17) is 10.9 Å². The maximum atomic E-state index is 12.2. The molecule has 5 nitrogen and oxygen atoms in total. The number of oxime groups is 1. The number of fused-ring (bicyclic) bond motifs is 1. The minimum atomic E-state index is -0.892. The first-order valence-electron chi connectivity index (χ1n) is 6.69. The van der Waals surface area contributed by atoms with E-state index in [2.05, 4.69) is 10.5 Å². The van der Waals surface area contributed by atoms with Crippen molar-refractivity contribution in [3.63, 3.8) is 0 Å². The van der Waals surface area contributed by atoms with Gasteiger partial charge in [0.1, 0.15) is 0 Å². The highest BCUT2D eigenvalue weighted by Gasteiger charge is 2.25. The van der Waals surface area contributed by atoms with Crippen LogP contribution in [0, 0.1) is 0 Å². The van der Waals surface area contributed by atoms with Crippen LogP contribution in [0.3, 0.4) is 0 Å². The summed E-state index contributed by atoms with van der Waals surface area (Å²) < 4.78 is 0. The van der Waals surface area contributed by atoms with Gasteiger partial charge in [0.05, 0.1) is 12.0 Å². The molecule has 0 saturated carbocycles. The summed E-state index contributed by atoms with van der Waals surface area (Å²) >= 11 is 0. The molecule has 21 heavy (non-hydrogen) atoms. The first-order chi connectivity index (χ1) is 9.94. The number of rotatable bonds is 4. The van der Waals surface area contributed by atoms with Crippen molar-refractivity contribution in [3.05, 3.63) is 48.0 Å². The van der Waals surface area contributed by atoms with Crippen LogP contribution in [0.15, 0.2) is 47.6 Å². The Kier molecular flexibility index (Phi) is 4.12. The largest absolute Gasteiger partial charge is 0.409 e. The zero-order chi connectivity index (χ0) is 15.5. The molecule has 0 spiro atoms. The van der Waals surface area contributed by atoms with Crippen LogP contribution in [-0.4, -0.2) is 22.5 Å². The van der Waals surface area contributed by atoms with Gasteiger partial charge in [0, 0.05) is 0 Å². The Labute approximate surface area is 123 Å². The summed E-state index contributed by atoms with van der Waals surface area (Å²) in [5.74, 6) is -0.211. The van der Waals surface area contributed by atoms with Gasteiger partial charge in [-0.2, -0.15) is 0 Å². The van der Waals surface area contributed by atoms with E-state index in [0.717, 1.165) is 16.3 Å². The zero-order valence-corrected chi connectivity index (χ0v) is 12.1. The van der Waals surface area contributed by atoms with Crippen LogP contribution in [0.1, 0.15) is 19.4 Å². The van der Waals surface area contributed by atoms with E-state index < -0.39 is 5.54 Å². The zero-order valence-electron chi connectivity index (χ0n) is 12.1. The van der Waals surface area contributed by atoms with E-state index in [-0.39, 0.29) is 18.2 Å². The lowest BCUT2D eigenvalue weighted by molar-refractivity contribution is -0.121. The van der Waals surface area contributed by atoms with E-state index in [1.54, 1.807) is 13.8 Å². The predicted molar refractivity (Wildman–Crippen MR) is 83.3 cm³/mol. The summed E-state index contributed by atoms with van der Waals surface area (Å²) in [4.78, 5) is 12.2. The van der Waals surface area contributed by atoms with Gasteiger partial charge in [-0.3, -0.25) is 4.79 Å². The Morgan fingerprint density at radius 3 is 2.62 bits per heavy atom. The number of nitrogens with zero attached hydrogens (tertiary/aromatic N) is 1. The van der Waals surface area contributed by atoms with Gasteiger partial charge in [0.15, 0.2) is 5.84 Å². The highest BCUT2D eigenvalue weighted by atomic mass is 16.4. The Morgan fingerprint density at radius 2 is 1.90 bits per heavy atom. The number of nitrogens with two attached hydrogens (primary N) is 1. The summed E-state index contributed by atoms with van der Waals surface area (Å²) in [6.07, 6.45) is 0.240. The molecule has 110 valence electrons. The molecule has 0 bridgehead atoms. The van der Waals surface area contributed by atoms with Crippen molar-refractivity contribution < 1.29 is 10.0 Å². The molecular weight excluding hydrogens is 266 g/mol. The molecule has 2 aromatic rings. The van der Waals surface area contributed by atoms with Crippen molar-refractivity contribution in [3.8, 4) is 0 Å². The van der Waals surface area contributed by atoms with Gasteiger partial charge in [0.25, 0.3) is 0 Å². The van der Waals surface area contributed by atoms with E-state index in [1.807, 2.05) is 42.5 Å². The lowest BCUT2D eigenvalue weighted by Gasteiger charge is -2.24. The fourth-order valence-corrected chi connectivity index (χ4v) is 2.20. The van der Waals surface area contributed by atoms with Crippen LogP contribution >= 0.6 is 0 Å². The molecule has 4 N–H and O–H groups in total. The smallest absolute Gasteiger partial charge is 0.225 e. The average Bonchev–Trinajstić information content (AvgIpc) is 2.46. The maximum absolute atomic E-state index is 12.2. The third-order valence-corrected chi connectivity index (χ3v) is 3.43. The highest BCUT2D eigenvalue weighted by Crippen LogP contribution is 2.19. The Balaban J connectivity index is 2.19. The standard InChI is InChI=1S/C16H19N3O2/c1-16(2,15(17)19-21)18-14(20)10-12-8-5-7-11-6-3-4-9-13(11)12/h3-9,21H,10H2,1-2H3,(H2,17,19)(H,18,20). The maximum Gasteiger partial charge on any atom is 0.225 e. The number of benzene rings is 2. The van der Waals surface area contributed by atoms with Gasteiger partial charge in [-0.05, 0) is 30.2 Å². The molecule has 1 amide bonds. The topological polar surface area (TPSA) is 87.7 Å². The minimum absolute atomic E-state index is 0.0335.